The van der Waals surface area contributed by atoms with E-state index in [0.29, 0.717) is 17.1 Å². The Labute approximate surface area is 117 Å². The van der Waals surface area contributed by atoms with Crippen LogP contribution in [0.3, 0.4) is 0 Å². The fourth-order valence-corrected chi connectivity index (χ4v) is 1.42. The van der Waals surface area contributed by atoms with Gasteiger partial charge in [-0.15, -0.1) is 0 Å². The van der Waals surface area contributed by atoms with E-state index in [2.05, 4.69) is 4.74 Å². The van der Waals surface area contributed by atoms with Crippen molar-refractivity contribution in [1.29, 1.82) is 0 Å². The van der Waals surface area contributed by atoms with E-state index in [1.165, 1.54) is 19.3 Å². The van der Waals surface area contributed by atoms with E-state index in [9.17, 15) is 4.79 Å². The molecular weight excluding hydrogens is 264 g/mol. The molecule has 2 N–H and O–H groups in total. The molecule has 1 rings (SSSR count). The number of hydrogen-bond acceptors (Lipinski definition) is 6. The molecule has 1 aromatic rings. The van der Waals surface area contributed by atoms with Crippen molar-refractivity contribution in [2.24, 2.45) is 0 Å². The van der Waals surface area contributed by atoms with Crippen LogP contribution in [0.2, 0.25) is 0 Å². The molecule has 0 radical (unpaired) electrons. The number of carbonyl (C=O) groups is 1. The van der Waals surface area contributed by atoms with Gasteiger partial charge in [-0.1, -0.05) is 0 Å². The van der Waals surface area contributed by atoms with E-state index in [-0.39, 0.29) is 26.4 Å². The van der Waals surface area contributed by atoms with Crippen LogP contribution in [0.25, 0.3) is 6.08 Å². The Hall–Kier alpha value is -2.05. The van der Waals surface area contributed by atoms with Crippen LogP contribution in [0, 0.1) is 0 Å². The Kier molecular flexibility index (Phi) is 7.16. The number of methoxy groups -OCH3 is 1. The number of benzene rings is 1. The molecule has 0 aliphatic heterocycles. The average molecular weight is 282 g/mol. The lowest BCUT2D eigenvalue weighted by atomic mass is 10.1. The van der Waals surface area contributed by atoms with E-state index in [0.717, 1.165) is 0 Å². The Morgan fingerprint density at radius 2 is 1.90 bits per heavy atom. The Bertz CT molecular complexity index is 455. The van der Waals surface area contributed by atoms with Crippen LogP contribution in [-0.2, 0) is 9.53 Å². The van der Waals surface area contributed by atoms with Crippen molar-refractivity contribution >= 4 is 12.0 Å². The molecule has 110 valence electrons. The Morgan fingerprint density at radius 3 is 2.55 bits per heavy atom. The van der Waals surface area contributed by atoms with Crippen LogP contribution in [0.15, 0.2) is 24.3 Å². The number of ether oxygens (including phenoxy) is 3. The zero-order valence-corrected chi connectivity index (χ0v) is 11.2. The lowest BCUT2D eigenvalue weighted by Crippen LogP contribution is -2.04. The van der Waals surface area contributed by atoms with Crippen LogP contribution < -0.4 is 9.47 Å². The van der Waals surface area contributed by atoms with Crippen molar-refractivity contribution in [1.82, 2.24) is 0 Å². The predicted octanol–water partition coefficient (Wildman–Crippen LogP) is 0.615. The molecule has 0 bridgehead atoms. The van der Waals surface area contributed by atoms with Gasteiger partial charge in [0.05, 0.1) is 20.3 Å². The summed E-state index contributed by atoms with van der Waals surface area (Å²) in [5.41, 5.74) is 0.610. The van der Waals surface area contributed by atoms with Crippen LogP contribution in [0.4, 0.5) is 0 Å². The first-order valence-electron chi connectivity index (χ1n) is 6.08. The number of esters is 1. The zero-order chi connectivity index (χ0) is 14.8. The number of hydrogen-bond donors (Lipinski definition) is 2. The molecule has 0 aliphatic rings. The van der Waals surface area contributed by atoms with Gasteiger partial charge in [0.2, 0.25) is 0 Å². The largest absolute Gasteiger partial charge is 0.491 e. The number of rotatable bonds is 8. The third kappa shape index (κ3) is 5.29. The highest BCUT2D eigenvalue weighted by Crippen LogP contribution is 2.25. The van der Waals surface area contributed by atoms with Crippen molar-refractivity contribution in [3.05, 3.63) is 29.8 Å². The molecule has 0 aromatic heterocycles. The molecule has 0 atom stereocenters. The first-order valence-corrected chi connectivity index (χ1v) is 6.08. The van der Waals surface area contributed by atoms with Crippen molar-refractivity contribution in [2.45, 2.75) is 0 Å². The third-order valence-electron chi connectivity index (χ3n) is 2.29. The molecule has 0 spiro atoms. The minimum Gasteiger partial charge on any atom is -0.491 e. The van der Waals surface area contributed by atoms with Crippen LogP contribution in [-0.4, -0.2) is 49.7 Å². The minimum absolute atomic E-state index is 0.0872. The SMILES string of the molecule is COC(=O)/C=C/c1cc(OCCO)ccc1OCCO. The Balaban J connectivity index is 2.92. The first kappa shape index (κ1) is 16.0. The average Bonchev–Trinajstić information content (AvgIpc) is 2.49. The van der Waals surface area contributed by atoms with E-state index >= 15 is 0 Å². The van der Waals surface area contributed by atoms with Gasteiger partial charge in [-0.25, -0.2) is 4.79 Å². The second-order valence-corrected chi connectivity index (χ2v) is 3.70. The number of carbonyl (C=O) groups excluding carboxylic acids is 1. The molecule has 0 amide bonds. The van der Waals surface area contributed by atoms with E-state index in [1.54, 1.807) is 18.2 Å². The summed E-state index contributed by atoms with van der Waals surface area (Å²) in [6.45, 7) is 0.131. The third-order valence-corrected chi connectivity index (χ3v) is 2.29. The highest BCUT2D eigenvalue weighted by atomic mass is 16.5. The van der Waals surface area contributed by atoms with Crippen LogP contribution in [0.1, 0.15) is 5.56 Å². The number of aliphatic hydroxyl groups is 2. The van der Waals surface area contributed by atoms with Gasteiger partial charge in [0.1, 0.15) is 24.7 Å². The smallest absolute Gasteiger partial charge is 0.330 e. The van der Waals surface area contributed by atoms with E-state index in [4.69, 9.17) is 19.7 Å². The van der Waals surface area contributed by atoms with Crippen molar-refractivity contribution in [3.63, 3.8) is 0 Å². The molecule has 0 saturated carbocycles. The van der Waals surface area contributed by atoms with Crippen molar-refractivity contribution in [3.8, 4) is 11.5 Å². The molecule has 6 nitrogen and oxygen atoms in total. The molecule has 0 fully saturated rings. The minimum atomic E-state index is -0.486. The molecule has 20 heavy (non-hydrogen) atoms. The van der Waals surface area contributed by atoms with Gasteiger partial charge in [-0.05, 0) is 24.3 Å². The highest BCUT2D eigenvalue weighted by Gasteiger charge is 2.05. The van der Waals surface area contributed by atoms with Crippen molar-refractivity contribution < 1.29 is 29.2 Å². The second kappa shape index (κ2) is 8.95. The van der Waals surface area contributed by atoms with E-state index in [1.807, 2.05) is 0 Å². The molecule has 0 aliphatic carbocycles. The summed E-state index contributed by atoms with van der Waals surface area (Å²) in [5.74, 6) is 0.565. The molecule has 1 aromatic carbocycles. The summed E-state index contributed by atoms with van der Waals surface area (Å²) in [6.07, 6.45) is 2.79. The second-order valence-electron chi connectivity index (χ2n) is 3.70. The summed E-state index contributed by atoms with van der Waals surface area (Å²) in [4.78, 5) is 11.1. The standard InChI is InChI=1S/C14H18O6/c1-18-14(17)5-2-11-10-12(19-8-6-15)3-4-13(11)20-9-7-16/h2-5,10,15-16H,6-9H2,1H3/b5-2+. The molecule has 0 saturated heterocycles. The van der Waals surface area contributed by atoms with Crippen LogP contribution in [0.5, 0.6) is 11.5 Å². The Morgan fingerprint density at radius 1 is 1.20 bits per heavy atom. The molecule has 6 heteroatoms. The highest BCUT2D eigenvalue weighted by molar-refractivity contribution is 5.87. The van der Waals surface area contributed by atoms with Gasteiger partial charge in [-0.3, -0.25) is 0 Å². The predicted molar refractivity (Wildman–Crippen MR) is 72.7 cm³/mol. The van der Waals surface area contributed by atoms with Gasteiger partial charge in [0.25, 0.3) is 0 Å². The van der Waals surface area contributed by atoms with Gasteiger partial charge in [-0.2, -0.15) is 0 Å². The van der Waals surface area contributed by atoms with Gasteiger partial charge in [0, 0.05) is 11.6 Å². The maximum absolute atomic E-state index is 11.1. The van der Waals surface area contributed by atoms with Gasteiger partial charge < -0.3 is 24.4 Å². The monoisotopic (exact) mass is 282 g/mol. The zero-order valence-electron chi connectivity index (χ0n) is 11.2. The maximum atomic E-state index is 11.1. The lowest BCUT2D eigenvalue weighted by molar-refractivity contribution is -0.134. The van der Waals surface area contributed by atoms with Crippen molar-refractivity contribution in [2.75, 3.05) is 33.5 Å². The first-order chi connectivity index (χ1) is 9.71. The summed E-state index contributed by atoms with van der Waals surface area (Å²) in [6, 6.07) is 5.01. The topological polar surface area (TPSA) is 85.2 Å². The molecular formula is C14H18O6. The summed E-state index contributed by atoms with van der Waals surface area (Å²) in [5, 5.41) is 17.5. The summed E-state index contributed by atoms with van der Waals surface area (Å²) < 4.78 is 15.2. The number of aliphatic hydroxyl groups excluding tert-OH is 2. The molecule has 0 heterocycles. The molecule has 0 unspecified atom stereocenters. The summed E-state index contributed by atoms with van der Waals surface area (Å²) in [7, 11) is 1.29. The lowest BCUT2D eigenvalue weighted by Gasteiger charge is -2.10. The maximum Gasteiger partial charge on any atom is 0.330 e. The summed E-state index contributed by atoms with van der Waals surface area (Å²) >= 11 is 0. The van der Waals surface area contributed by atoms with E-state index < -0.39 is 5.97 Å². The van der Waals surface area contributed by atoms with Crippen LogP contribution >= 0.6 is 0 Å². The fourth-order valence-electron chi connectivity index (χ4n) is 1.42. The van der Waals surface area contributed by atoms with Gasteiger partial charge >= 0.3 is 5.97 Å². The van der Waals surface area contributed by atoms with Gasteiger partial charge in [0.15, 0.2) is 0 Å². The fraction of sp³-hybridized carbons (Fsp3) is 0.357. The normalized spacial score (nSPS) is 10.6. The quantitative estimate of drug-likeness (QED) is 0.537.